The summed E-state index contributed by atoms with van der Waals surface area (Å²) in [5, 5.41) is 9.15. The molecule has 0 spiro atoms. The Morgan fingerprint density at radius 2 is 1.54 bits per heavy atom. The predicted molar refractivity (Wildman–Crippen MR) is 97.9 cm³/mol. The van der Waals surface area contributed by atoms with E-state index in [1.54, 1.807) is 30.1 Å². The number of amides is 2. The summed E-state index contributed by atoms with van der Waals surface area (Å²) >= 11 is 0. The zero-order chi connectivity index (χ0) is 19.1. The van der Waals surface area contributed by atoms with Crippen LogP contribution in [-0.4, -0.2) is 52.8 Å². The van der Waals surface area contributed by atoms with Crippen LogP contribution < -0.4 is 0 Å². The lowest BCUT2D eigenvalue weighted by Crippen LogP contribution is -2.35. The average Bonchev–Trinajstić information content (AvgIpc) is 2.66. The van der Waals surface area contributed by atoms with Gasteiger partial charge < -0.3 is 14.9 Å². The number of benzene rings is 2. The number of hydrogen-bond acceptors (Lipinski definition) is 3. The van der Waals surface area contributed by atoms with E-state index in [-0.39, 0.29) is 18.0 Å². The zero-order valence-electron chi connectivity index (χ0n) is 14.9. The number of carbonyl (C=O) groups excluding carboxylic acids is 2. The molecule has 26 heavy (non-hydrogen) atoms. The molecule has 0 unspecified atom stereocenters. The Kier molecular flexibility index (Phi) is 6.49. The summed E-state index contributed by atoms with van der Waals surface area (Å²) in [4.78, 5) is 39.1. The summed E-state index contributed by atoms with van der Waals surface area (Å²) in [6.45, 7) is 2.18. The van der Waals surface area contributed by atoms with Crippen LogP contribution in [0.2, 0.25) is 0 Å². The van der Waals surface area contributed by atoms with E-state index in [4.69, 9.17) is 5.11 Å². The van der Waals surface area contributed by atoms with Gasteiger partial charge in [-0.1, -0.05) is 36.4 Å². The fourth-order valence-corrected chi connectivity index (χ4v) is 2.50. The highest BCUT2D eigenvalue weighted by Gasteiger charge is 2.20. The van der Waals surface area contributed by atoms with Gasteiger partial charge in [0.2, 0.25) is 0 Å². The molecule has 0 bridgehead atoms. The van der Waals surface area contributed by atoms with Crippen LogP contribution >= 0.6 is 0 Å². The first-order chi connectivity index (χ1) is 12.4. The quantitative estimate of drug-likeness (QED) is 0.829. The molecule has 0 fully saturated rings. The standard InChI is InChI=1S/C20H22N2O4/c1-3-21(2)19(25)16-10-7-11-17(12-16)20(26)22(14-18(23)24)13-15-8-5-4-6-9-15/h4-12H,3,13-14H2,1-2H3,(H,23,24). The van der Waals surface area contributed by atoms with Crippen molar-refractivity contribution in [2.24, 2.45) is 0 Å². The number of aliphatic carboxylic acids is 1. The lowest BCUT2D eigenvalue weighted by molar-refractivity contribution is -0.137. The van der Waals surface area contributed by atoms with E-state index in [9.17, 15) is 14.4 Å². The van der Waals surface area contributed by atoms with Crippen LogP contribution in [-0.2, 0) is 11.3 Å². The number of nitrogens with zero attached hydrogens (tertiary/aromatic N) is 2. The Bertz CT molecular complexity index is 789. The molecule has 1 N–H and O–H groups in total. The molecule has 6 heteroatoms. The van der Waals surface area contributed by atoms with Gasteiger partial charge in [-0.25, -0.2) is 0 Å². The Balaban J connectivity index is 2.27. The highest BCUT2D eigenvalue weighted by Crippen LogP contribution is 2.13. The first kappa shape index (κ1) is 19.2. The Morgan fingerprint density at radius 3 is 2.12 bits per heavy atom. The minimum atomic E-state index is -1.09. The van der Waals surface area contributed by atoms with Gasteiger partial charge in [-0.3, -0.25) is 14.4 Å². The summed E-state index contributed by atoms with van der Waals surface area (Å²) in [5.41, 5.74) is 1.52. The van der Waals surface area contributed by atoms with Gasteiger partial charge in [0.25, 0.3) is 11.8 Å². The van der Waals surface area contributed by atoms with Crippen LogP contribution in [0, 0.1) is 0 Å². The smallest absolute Gasteiger partial charge is 0.323 e. The highest BCUT2D eigenvalue weighted by atomic mass is 16.4. The van der Waals surface area contributed by atoms with Crippen molar-refractivity contribution in [2.45, 2.75) is 13.5 Å². The van der Waals surface area contributed by atoms with Gasteiger partial charge >= 0.3 is 5.97 Å². The molecule has 0 saturated heterocycles. The van der Waals surface area contributed by atoms with Crippen molar-refractivity contribution in [1.29, 1.82) is 0 Å². The largest absolute Gasteiger partial charge is 0.480 e. The number of carboxylic acids is 1. The van der Waals surface area contributed by atoms with Crippen molar-refractivity contribution in [3.05, 3.63) is 71.3 Å². The van der Waals surface area contributed by atoms with Crippen molar-refractivity contribution in [3.63, 3.8) is 0 Å². The van der Waals surface area contributed by atoms with Crippen molar-refractivity contribution in [3.8, 4) is 0 Å². The maximum atomic E-state index is 12.8. The van der Waals surface area contributed by atoms with Gasteiger partial charge in [0.05, 0.1) is 0 Å². The summed E-state index contributed by atoms with van der Waals surface area (Å²) in [6.07, 6.45) is 0. The predicted octanol–water partition coefficient (Wildman–Crippen LogP) is 2.51. The summed E-state index contributed by atoms with van der Waals surface area (Å²) in [5.74, 6) is -1.70. The van der Waals surface area contributed by atoms with E-state index in [2.05, 4.69) is 0 Å². The maximum Gasteiger partial charge on any atom is 0.323 e. The monoisotopic (exact) mass is 354 g/mol. The second-order valence-electron chi connectivity index (χ2n) is 5.94. The van der Waals surface area contributed by atoms with E-state index in [0.29, 0.717) is 12.1 Å². The van der Waals surface area contributed by atoms with Gasteiger partial charge in [-0.2, -0.15) is 0 Å². The fourth-order valence-electron chi connectivity index (χ4n) is 2.50. The molecule has 0 aliphatic rings. The van der Waals surface area contributed by atoms with Crippen LogP contribution in [0.4, 0.5) is 0 Å². The molecule has 2 aromatic carbocycles. The lowest BCUT2D eigenvalue weighted by Gasteiger charge is -2.21. The Hall–Kier alpha value is -3.15. The zero-order valence-corrected chi connectivity index (χ0v) is 14.9. The van der Waals surface area contributed by atoms with Crippen LogP contribution in [0.25, 0.3) is 0 Å². The van der Waals surface area contributed by atoms with Crippen molar-refractivity contribution < 1.29 is 19.5 Å². The minimum Gasteiger partial charge on any atom is -0.480 e. The molecule has 136 valence electrons. The van der Waals surface area contributed by atoms with Gasteiger partial charge in [0, 0.05) is 31.3 Å². The Morgan fingerprint density at radius 1 is 0.923 bits per heavy atom. The number of rotatable bonds is 7. The van der Waals surface area contributed by atoms with E-state index in [0.717, 1.165) is 5.56 Å². The molecule has 2 aromatic rings. The van der Waals surface area contributed by atoms with Gasteiger partial charge in [-0.05, 0) is 30.7 Å². The number of carbonyl (C=O) groups is 3. The van der Waals surface area contributed by atoms with Crippen molar-refractivity contribution in [1.82, 2.24) is 9.80 Å². The molecule has 0 aromatic heterocycles. The highest BCUT2D eigenvalue weighted by molar-refractivity contribution is 6.00. The average molecular weight is 354 g/mol. The van der Waals surface area contributed by atoms with E-state index in [1.165, 1.54) is 11.0 Å². The van der Waals surface area contributed by atoms with Gasteiger partial charge in [-0.15, -0.1) is 0 Å². The maximum absolute atomic E-state index is 12.8. The molecule has 2 amide bonds. The van der Waals surface area contributed by atoms with Crippen LogP contribution in [0.3, 0.4) is 0 Å². The number of hydrogen-bond donors (Lipinski definition) is 1. The van der Waals surface area contributed by atoms with Crippen LogP contribution in [0.5, 0.6) is 0 Å². The fraction of sp³-hybridized carbons (Fsp3) is 0.250. The topological polar surface area (TPSA) is 77.9 Å². The Labute approximate surface area is 152 Å². The second-order valence-corrected chi connectivity index (χ2v) is 5.94. The SMILES string of the molecule is CCN(C)C(=O)c1cccc(C(=O)N(CC(=O)O)Cc2ccccc2)c1. The van der Waals surface area contributed by atoms with E-state index >= 15 is 0 Å². The molecule has 0 saturated carbocycles. The molecule has 0 atom stereocenters. The molecule has 6 nitrogen and oxygen atoms in total. The molecular formula is C20H22N2O4. The van der Waals surface area contributed by atoms with Gasteiger partial charge in [0.15, 0.2) is 0 Å². The molecule has 0 radical (unpaired) electrons. The molecule has 0 aliphatic heterocycles. The normalized spacial score (nSPS) is 10.2. The van der Waals surface area contributed by atoms with Crippen LogP contribution in [0.1, 0.15) is 33.2 Å². The van der Waals surface area contributed by atoms with Crippen molar-refractivity contribution in [2.75, 3.05) is 20.1 Å². The summed E-state index contributed by atoms with van der Waals surface area (Å²) < 4.78 is 0. The third kappa shape index (κ3) is 4.92. The third-order valence-corrected chi connectivity index (χ3v) is 4.01. The molecule has 0 heterocycles. The molecule has 0 aliphatic carbocycles. The summed E-state index contributed by atoms with van der Waals surface area (Å²) in [7, 11) is 1.68. The van der Waals surface area contributed by atoms with Gasteiger partial charge in [0.1, 0.15) is 6.54 Å². The van der Waals surface area contributed by atoms with Crippen LogP contribution in [0.15, 0.2) is 54.6 Å². The minimum absolute atomic E-state index is 0.180. The first-order valence-corrected chi connectivity index (χ1v) is 8.33. The second kappa shape index (κ2) is 8.80. The molecular weight excluding hydrogens is 332 g/mol. The first-order valence-electron chi connectivity index (χ1n) is 8.33. The van der Waals surface area contributed by atoms with E-state index in [1.807, 2.05) is 37.3 Å². The number of carboxylic acid groups (broad SMARTS) is 1. The molecule has 2 rings (SSSR count). The van der Waals surface area contributed by atoms with Crippen molar-refractivity contribution >= 4 is 17.8 Å². The lowest BCUT2D eigenvalue weighted by atomic mass is 10.1. The van der Waals surface area contributed by atoms with E-state index < -0.39 is 18.4 Å². The third-order valence-electron chi connectivity index (χ3n) is 4.01. The summed E-state index contributed by atoms with van der Waals surface area (Å²) in [6, 6.07) is 15.6.